The zero-order valence-corrected chi connectivity index (χ0v) is 15.8. The van der Waals surface area contributed by atoms with Crippen molar-refractivity contribution in [1.29, 1.82) is 10.5 Å². The molecule has 0 fully saturated rings. The van der Waals surface area contributed by atoms with E-state index >= 15 is 0 Å². The number of benzene rings is 2. The van der Waals surface area contributed by atoms with Crippen LogP contribution in [-0.2, 0) is 0 Å². The first kappa shape index (κ1) is 19.2. The molecule has 0 saturated carbocycles. The van der Waals surface area contributed by atoms with Crippen LogP contribution >= 0.6 is 11.3 Å². The van der Waals surface area contributed by atoms with Crippen molar-refractivity contribution < 1.29 is 8.78 Å². The third-order valence-electron chi connectivity index (χ3n) is 4.26. The molecule has 4 nitrogen and oxygen atoms in total. The molecule has 0 radical (unpaired) electrons. The third-order valence-corrected chi connectivity index (χ3v) is 5.35. The Morgan fingerprint density at radius 2 is 1.79 bits per heavy atom. The number of hydrogen-bond acceptors (Lipinski definition) is 4. The van der Waals surface area contributed by atoms with Crippen molar-refractivity contribution in [2.45, 2.75) is 13.8 Å². The Morgan fingerprint density at radius 1 is 1.07 bits per heavy atom. The molecule has 0 N–H and O–H groups in total. The molecule has 1 aromatic heterocycles. The average Bonchev–Trinajstić information content (AvgIpc) is 2.97. The lowest BCUT2D eigenvalue weighted by molar-refractivity contribution is 0.581. The number of aromatic nitrogens is 1. The summed E-state index contributed by atoms with van der Waals surface area (Å²) in [5.41, 5.74) is 1.79. The van der Waals surface area contributed by atoms with Crippen molar-refractivity contribution in [3.8, 4) is 17.8 Å². The van der Waals surface area contributed by atoms with Crippen LogP contribution in [0.2, 0.25) is 0 Å². The van der Waals surface area contributed by atoms with Crippen molar-refractivity contribution in [2.75, 3.05) is 0 Å². The first-order chi connectivity index (χ1) is 13.3. The van der Waals surface area contributed by atoms with Gasteiger partial charge in [-0.15, -0.1) is 11.3 Å². The van der Waals surface area contributed by atoms with Crippen LogP contribution in [0, 0.1) is 48.1 Å². The Bertz CT molecular complexity index is 1340. The van der Waals surface area contributed by atoms with Crippen molar-refractivity contribution in [1.82, 2.24) is 4.57 Å². The van der Waals surface area contributed by atoms with Crippen LogP contribution in [-0.4, -0.2) is 4.57 Å². The van der Waals surface area contributed by atoms with Gasteiger partial charge in [0.15, 0.2) is 5.57 Å². The van der Waals surface area contributed by atoms with Crippen molar-refractivity contribution in [3.05, 3.63) is 84.3 Å². The van der Waals surface area contributed by atoms with E-state index in [2.05, 4.69) is 0 Å². The van der Waals surface area contributed by atoms with Crippen LogP contribution in [0.5, 0.6) is 0 Å². The maximum atomic E-state index is 14.0. The van der Waals surface area contributed by atoms with E-state index in [1.54, 1.807) is 24.3 Å². The lowest BCUT2D eigenvalue weighted by Crippen LogP contribution is -2.30. The molecular weight excluding hydrogens is 380 g/mol. The average molecular weight is 393 g/mol. The van der Waals surface area contributed by atoms with E-state index in [1.807, 2.05) is 19.9 Å². The molecule has 1 heterocycles. The predicted octanol–water partition coefficient (Wildman–Crippen LogP) is 2.82. The van der Waals surface area contributed by atoms with Gasteiger partial charge < -0.3 is 0 Å². The number of nitrogens with zero attached hydrogens (tertiary/aromatic N) is 3. The molecule has 2 aromatic carbocycles. The normalized spacial score (nSPS) is 11.1. The van der Waals surface area contributed by atoms with Crippen LogP contribution in [0.15, 0.2) is 41.2 Å². The summed E-state index contributed by atoms with van der Waals surface area (Å²) in [5, 5.41) is 18.6. The number of halogens is 2. The van der Waals surface area contributed by atoms with E-state index < -0.39 is 17.2 Å². The molecule has 0 atom stereocenters. The first-order valence-corrected chi connectivity index (χ1v) is 8.98. The minimum Gasteiger partial charge on any atom is -0.267 e. The lowest BCUT2D eigenvalue weighted by Gasteiger charge is -2.06. The van der Waals surface area contributed by atoms with Gasteiger partial charge in [0, 0.05) is 11.6 Å². The minimum atomic E-state index is -0.808. The lowest BCUT2D eigenvalue weighted by atomic mass is 10.1. The van der Waals surface area contributed by atoms with Crippen LogP contribution in [0.3, 0.4) is 0 Å². The maximum Gasteiger partial charge on any atom is 0.273 e. The molecule has 0 unspecified atom stereocenters. The quantitative estimate of drug-likeness (QED) is 0.672. The Morgan fingerprint density at radius 3 is 2.39 bits per heavy atom. The van der Waals surface area contributed by atoms with Gasteiger partial charge in [-0.1, -0.05) is 6.07 Å². The standard InChI is InChI=1S/C21H13F2N3OS/c1-12-3-6-17(7-13(12)2)26-20(27)19(28-21(26)15(10-24)11-25)8-14-4-5-16(22)9-18(14)23/h3-9H,1-2H3/b19-8+. The summed E-state index contributed by atoms with van der Waals surface area (Å²) in [6, 6.07) is 12.0. The number of thiazole rings is 1. The second-order valence-electron chi connectivity index (χ2n) is 6.09. The first-order valence-electron chi connectivity index (χ1n) is 8.16. The molecule has 0 aliphatic heterocycles. The zero-order valence-electron chi connectivity index (χ0n) is 15.0. The molecular formula is C21H13F2N3OS. The highest BCUT2D eigenvalue weighted by Gasteiger charge is 2.12. The third kappa shape index (κ3) is 3.48. The minimum absolute atomic E-state index is 0.0361. The van der Waals surface area contributed by atoms with E-state index in [1.165, 1.54) is 16.7 Å². The van der Waals surface area contributed by atoms with Gasteiger partial charge >= 0.3 is 0 Å². The van der Waals surface area contributed by atoms with Crippen LogP contribution in [0.25, 0.3) is 17.3 Å². The topological polar surface area (TPSA) is 69.6 Å². The predicted molar refractivity (Wildman–Crippen MR) is 103 cm³/mol. The summed E-state index contributed by atoms with van der Waals surface area (Å²) < 4.78 is 28.7. The van der Waals surface area contributed by atoms with E-state index in [4.69, 9.17) is 0 Å². The molecule has 3 rings (SSSR count). The summed E-state index contributed by atoms with van der Waals surface area (Å²) in [6.45, 7) is 3.81. The highest BCUT2D eigenvalue weighted by Crippen LogP contribution is 2.13. The molecule has 0 aliphatic rings. The number of aryl methyl sites for hydroxylation is 2. The highest BCUT2D eigenvalue weighted by atomic mass is 32.1. The summed E-state index contributed by atoms with van der Waals surface area (Å²) in [4.78, 5) is 13.0. The number of hydrogen-bond donors (Lipinski definition) is 0. The monoisotopic (exact) mass is 393 g/mol. The SMILES string of the molecule is Cc1ccc(-n2c(=C(C#N)C#N)s/c(=C/c3ccc(F)cc3F)c2=O)cc1C. The van der Waals surface area contributed by atoms with Crippen molar-refractivity contribution in [2.24, 2.45) is 0 Å². The Hall–Kier alpha value is -3.55. The molecule has 0 bridgehead atoms. The Kier molecular flexibility index (Phi) is 5.21. The Labute approximate surface area is 163 Å². The second kappa shape index (κ2) is 7.59. The van der Waals surface area contributed by atoms with Gasteiger partial charge in [0.2, 0.25) is 0 Å². The maximum absolute atomic E-state index is 14.0. The zero-order chi connectivity index (χ0) is 20.4. The molecule has 7 heteroatoms. The van der Waals surface area contributed by atoms with E-state index in [9.17, 15) is 24.1 Å². The summed E-state index contributed by atoms with van der Waals surface area (Å²) in [5.74, 6) is -1.53. The van der Waals surface area contributed by atoms with Gasteiger partial charge in [0.25, 0.3) is 5.56 Å². The van der Waals surface area contributed by atoms with E-state index in [0.717, 1.165) is 34.6 Å². The molecule has 3 aromatic rings. The van der Waals surface area contributed by atoms with Crippen molar-refractivity contribution >= 4 is 23.0 Å². The second-order valence-corrected chi connectivity index (χ2v) is 7.12. The molecule has 28 heavy (non-hydrogen) atoms. The summed E-state index contributed by atoms with van der Waals surface area (Å²) in [7, 11) is 0. The van der Waals surface area contributed by atoms with Gasteiger partial charge in [-0.2, -0.15) is 10.5 Å². The largest absolute Gasteiger partial charge is 0.273 e. The Balaban J connectivity index is 2.41. The molecule has 0 saturated heterocycles. The van der Waals surface area contributed by atoms with Gasteiger partial charge in [-0.3, -0.25) is 9.36 Å². The molecule has 138 valence electrons. The number of nitriles is 2. The summed E-state index contributed by atoms with van der Waals surface area (Å²) >= 11 is 0.908. The summed E-state index contributed by atoms with van der Waals surface area (Å²) in [6.07, 6.45) is 1.29. The molecule has 0 aliphatic carbocycles. The van der Waals surface area contributed by atoms with Crippen LogP contribution < -0.4 is 14.8 Å². The molecule has 0 spiro atoms. The van der Waals surface area contributed by atoms with Crippen LogP contribution in [0.1, 0.15) is 16.7 Å². The number of rotatable bonds is 2. The van der Waals surface area contributed by atoms with Gasteiger partial charge in [0.05, 0.1) is 10.2 Å². The smallest absolute Gasteiger partial charge is 0.267 e. The van der Waals surface area contributed by atoms with Gasteiger partial charge in [-0.05, 0) is 55.3 Å². The fourth-order valence-electron chi connectivity index (χ4n) is 2.63. The van der Waals surface area contributed by atoms with Crippen LogP contribution in [0.4, 0.5) is 8.78 Å². The van der Waals surface area contributed by atoms with E-state index in [0.29, 0.717) is 5.69 Å². The van der Waals surface area contributed by atoms with Crippen molar-refractivity contribution in [3.63, 3.8) is 0 Å². The van der Waals surface area contributed by atoms with Gasteiger partial charge in [-0.25, -0.2) is 8.78 Å². The fraction of sp³-hybridized carbons (Fsp3) is 0.0952. The van der Waals surface area contributed by atoms with E-state index in [-0.39, 0.29) is 20.3 Å². The van der Waals surface area contributed by atoms with Gasteiger partial charge in [0.1, 0.15) is 28.4 Å². The highest BCUT2D eigenvalue weighted by molar-refractivity contribution is 7.07. The molecule has 0 amide bonds. The fourth-order valence-corrected chi connectivity index (χ4v) is 3.68.